The predicted molar refractivity (Wildman–Crippen MR) is 86.3 cm³/mol. The lowest BCUT2D eigenvalue weighted by Gasteiger charge is -2.36. The van der Waals surface area contributed by atoms with E-state index < -0.39 is 6.10 Å². The molecule has 0 N–H and O–H groups in total. The van der Waals surface area contributed by atoms with Crippen LogP contribution >= 0.6 is 11.6 Å². The Kier molecular flexibility index (Phi) is 4.99. The van der Waals surface area contributed by atoms with Crippen LogP contribution in [0.3, 0.4) is 0 Å². The SMILES string of the molecule is N#Cc1cnc(N2CCOC(C(=O)N3CCCCC3)C2)c(Cl)c1. The number of rotatable bonds is 2. The van der Waals surface area contributed by atoms with Crippen LogP contribution in [0.4, 0.5) is 5.82 Å². The van der Waals surface area contributed by atoms with Crippen molar-refractivity contribution in [3.63, 3.8) is 0 Å². The van der Waals surface area contributed by atoms with E-state index in [2.05, 4.69) is 4.98 Å². The maximum atomic E-state index is 12.6. The number of anilines is 1. The van der Waals surface area contributed by atoms with Gasteiger partial charge in [0, 0.05) is 25.8 Å². The first kappa shape index (κ1) is 16.0. The Labute approximate surface area is 140 Å². The number of amides is 1. The van der Waals surface area contributed by atoms with E-state index in [-0.39, 0.29) is 5.91 Å². The minimum Gasteiger partial charge on any atom is -0.365 e. The number of carbonyl (C=O) groups is 1. The molecule has 0 radical (unpaired) electrons. The number of hydrogen-bond acceptors (Lipinski definition) is 5. The summed E-state index contributed by atoms with van der Waals surface area (Å²) in [6, 6.07) is 3.62. The molecule has 2 fully saturated rings. The van der Waals surface area contributed by atoms with Crippen LogP contribution in [0.2, 0.25) is 5.02 Å². The van der Waals surface area contributed by atoms with Crippen molar-refractivity contribution in [3.05, 3.63) is 22.8 Å². The molecule has 1 aromatic rings. The fourth-order valence-corrected chi connectivity index (χ4v) is 3.32. The molecule has 1 amide bonds. The summed E-state index contributed by atoms with van der Waals surface area (Å²) < 4.78 is 5.67. The summed E-state index contributed by atoms with van der Waals surface area (Å²) in [5, 5.41) is 9.32. The number of hydrogen-bond donors (Lipinski definition) is 0. The Balaban J connectivity index is 1.70. The van der Waals surface area contributed by atoms with E-state index >= 15 is 0 Å². The van der Waals surface area contributed by atoms with Crippen LogP contribution in [0.5, 0.6) is 0 Å². The number of likely N-dealkylation sites (tertiary alicyclic amines) is 1. The maximum Gasteiger partial charge on any atom is 0.253 e. The topological polar surface area (TPSA) is 69.5 Å². The van der Waals surface area contributed by atoms with Crippen LogP contribution in [0.15, 0.2) is 12.3 Å². The summed E-state index contributed by atoms with van der Waals surface area (Å²) in [6.45, 7) is 3.15. The van der Waals surface area contributed by atoms with Gasteiger partial charge in [-0.2, -0.15) is 5.26 Å². The van der Waals surface area contributed by atoms with Crippen LogP contribution < -0.4 is 4.90 Å². The van der Waals surface area contributed by atoms with Crippen molar-refractivity contribution in [3.8, 4) is 6.07 Å². The summed E-state index contributed by atoms with van der Waals surface area (Å²) in [5.41, 5.74) is 0.424. The molecule has 1 aromatic heterocycles. The molecular weight excluding hydrogens is 316 g/mol. The van der Waals surface area contributed by atoms with Gasteiger partial charge in [0.05, 0.1) is 23.7 Å². The lowest BCUT2D eigenvalue weighted by Crippen LogP contribution is -2.52. The number of halogens is 1. The van der Waals surface area contributed by atoms with Gasteiger partial charge in [0.1, 0.15) is 11.9 Å². The second-order valence-corrected chi connectivity index (χ2v) is 6.24. The van der Waals surface area contributed by atoms with Crippen LogP contribution in [-0.4, -0.2) is 54.7 Å². The van der Waals surface area contributed by atoms with E-state index in [0.29, 0.717) is 36.1 Å². The summed E-state index contributed by atoms with van der Waals surface area (Å²) in [4.78, 5) is 20.7. The molecule has 6 nitrogen and oxygen atoms in total. The monoisotopic (exact) mass is 334 g/mol. The van der Waals surface area contributed by atoms with E-state index in [9.17, 15) is 4.79 Å². The first-order valence-electron chi connectivity index (χ1n) is 7.90. The summed E-state index contributed by atoms with van der Waals surface area (Å²) in [5.74, 6) is 0.657. The Morgan fingerprint density at radius 2 is 2.13 bits per heavy atom. The zero-order valence-electron chi connectivity index (χ0n) is 12.9. The summed E-state index contributed by atoms with van der Waals surface area (Å²) in [7, 11) is 0. The van der Waals surface area contributed by atoms with Gasteiger partial charge in [-0.15, -0.1) is 0 Å². The third-order valence-corrected chi connectivity index (χ3v) is 4.54. The predicted octanol–water partition coefficient (Wildman–Crippen LogP) is 1.82. The highest BCUT2D eigenvalue weighted by atomic mass is 35.5. The zero-order valence-corrected chi connectivity index (χ0v) is 13.6. The van der Waals surface area contributed by atoms with Crippen molar-refractivity contribution in [1.82, 2.24) is 9.88 Å². The highest BCUT2D eigenvalue weighted by Crippen LogP contribution is 2.26. The fourth-order valence-electron chi connectivity index (χ4n) is 3.03. The number of ether oxygens (including phenoxy) is 1. The van der Waals surface area contributed by atoms with Crippen molar-refractivity contribution >= 4 is 23.3 Å². The third kappa shape index (κ3) is 3.57. The second kappa shape index (κ2) is 7.16. The summed E-state index contributed by atoms with van der Waals surface area (Å²) >= 11 is 6.23. The Morgan fingerprint density at radius 3 is 2.83 bits per heavy atom. The van der Waals surface area contributed by atoms with Gasteiger partial charge < -0.3 is 14.5 Å². The lowest BCUT2D eigenvalue weighted by molar-refractivity contribution is -0.145. The molecule has 0 bridgehead atoms. The van der Waals surface area contributed by atoms with Gasteiger partial charge >= 0.3 is 0 Å². The molecule has 3 rings (SSSR count). The molecule has 1 unspecified atom stereocenters. The first-order chi connectivity index (χ1) is 11.2. The number of nitriles is 1. The fraction of sp³-hybridized carbons (Fsp3) is 0.562. The first-order valence-corrected chi connectivity index (χ1v) is 8.28. The van der Waals surface area contributed by atoms with Gasteiger partial charge in [0.15, 0.2) is 6.10 Å². The van der Waals surface area contributed by atoms with E-state index in [1.807, 2.05) is 15.9 Å². The minimum atomic E-state index is -0.477. The van der Waals surface area contributed by atoms with Crippen LogP contribution in [0, 0.1) is 11.3 Å². The molecule has 2 saturated heterocycles. The molecule has 0 aliphatic carbocycles. The second-order valence-electron chi connectivity index (χ2n) is 5.83. The molecule has 1 atom stereocenters. The molecule has 0 saturated carbocycles. The largest absolute Gasteiger partial charge is 0.365 e. The third-order valence-electron chi connectivity index (χ3n) is 4.26. The van der Waals surface area contributed by atoms with Crippen molar-refractivity contribution in [2.45, 2.75) is 25.4 Å². The van der Waals surface area contributed by atoms with Gasteiger partial charge in [-0.05, 0) is 25.3 Å². The number of aromatic nitrogens is 1. The number of morpholine rings is 1. The average molecular weight is 335 g/mol. The maximum absolute atomic E-state index is 12.6. The number of piperidine rings is 1. The Bertz CT molecular complexity index is 625. The van der Waals surface area contributed by atoms with Crippen molar-refractivity contribution in [2.75, 3.05) is 37.7 Å². The van der Waals surface area contributed by atoms with Crippen molar-refractivity contribution in [2.24, 2.45) is 0 Å². The van der Waals surface area contributed by atoms with E-state index in [1.54, 1.807) is 6.07 Å². The molecule has 122 valence electrons. The van der Waals surface area contributed by atoms with Gasteiger partial charge in [-0.3, -0.25) is 4.79 Å². The number of nitrogens with zero attached hydrogens (tertiary/aromatic N) is 4. The molecule has 23 heavy (non-hydrogen) atoms. The molecule has 0 aromatic carbocycles. The minimum absolute atomic E-state index is 0.0548. The van der Waals surface area contributed by atoms with Crippen molar-refractivity contribution in [1.29, 1.82) is 5.26 Å². The number of carbonyl (C=O) groups excluding carboxylic acids is 1. The molecule has 3 heterocycles. The molecular formula is C16H19ClN4O2. The smallest absolute Gasteiger partial charge is 0.253 e. The van der Waals surface area contributed by atoms with Gasteiger partial charge in [-0.1, -0.05) is 11.6 Å². The molecule has 2 aliphatic rings. The van der Waals surface area contributed by atoms with Crippen LogP contribution in [0.1, 0.15) is 24.8 Å². The Hall–Kier alpha value is -1.84. The Morgan fingerprint density at radius 1 is 1.35 bits per heavy atom. The van der Waals surface area contributed by atoms with Gasteiger partial charge in [0.2, 0.25) is 0 Å². The zero-order chi connectivity index (χ0) is 16.2. The van der Waals surface area contributed by atoms with Crippen LogP contribution in [-0.2, 0) is 9.53 Å². The van der Waals surface area contributed by atoms with E-state index in [1.165, 1.54) is 12.6 Å². The van der Waals surface area contributed by atoms with E-state index in [4.69, 9.17) is 21.6 Å². The molecule has 0 spiro atoms. The standard InChI is InChI=1S/C16H19ClN4O2/c17-13-8-12(9-18)10-19-15(13)21-6-7-23-14(11-21)16(22)20-4-2-1-3-5-20/h8,10,14H,1-7,11H2. The molecule has 2 aliphatic heterocycles. The highest BCUT2D eigenvalue weighted by Gasteiger charge is 2.32. The molecule has 7 heteroatoms. The number of pyridine rings is 1. The normalized spacial score (nSPS) is 21.8. The van der Waals surface area contributed by atoms with Crippen molar-refractivity contribution < 1.29 is 9.53 Å². The van der Waals surface area contributed by atoms with Gasteiger partial charge in [-0.25, -0.2) is 4.98 Å². The quantitative estimate of drug-likeness (QED) is 0.825. The summed E-state index contributed by atoms with van der Waals surface area (Å²) in [6.07, 6.45) is 4.33. The highest BCUT2D eigenvalue weighted by molar-refractivity contribution is 6.33. The van der Waals surface area contributed by atoms with E-state index in [0.717, 1.165) is 25.9 Å². The van der Waals surface area contributed by atoms with Gasteiger partial charge in [0.25, 0.3) is 5.91 Å². The van der Waals surface area contributed by atoms with Crippen LogP contribution in [0.25, 0.3) is 0 Å². The average Bonchev–Trinajstić information content (AvgIpc) is 2.61. The lowest BCUT2D eigenvalue weighted by atomic mass is 10.1.